The van der Waals surface area contributed by atoms with Gasteiger partial charge in [-0.3, -0.25) is 9.59 Å². The lowest BCUT2D eigenvalue weighted by atomic mass is 10.1. The minimum absolute atomic E-state index is 0.334. The second-order valence-corrected chi connectivity index (χ2v) is 6.20. The topological polar surface area (TPSA) is 65.3 Å². The van der Waals surface area contributed by atoms with Crippen LogP contribution in [-0.4, -0.2) is 23.9 Å². The molecule has 2 aliphatic heterocycles. The normalized spacial score (nSPS) is 22.0. The third-order valence-corrected chi connectivity index (χ3v) is 4.62. The second kappa shape index (κ2) is 5.47. The van der Waals surface area contributed by atoms with Gasteiger partial charge in [0.15, 0.2) is 12.1 Å². The Bertz CT molecular complexity index is 910. The van der Waals surface area contributed by atoms with Crippen LogP contribution < -0.4 is 9.91 Å². The van der Waals surface area contributed by atoms with Crippen LogP contribution in [0, 0.1) is 19.7 Å². The predicted molar refractivity (Wildman–Crippen MR) is 89.7 cm³/mol. The van der Waals surface area contributed by atoms with Gasteiger partial charge in [-0.1, -0.05) is 11.3 Å². The minimum atomic E-state index is -0.876. The molecule has 2 aromatic carbocycles. The summed E-state index contributed by atoms with van der Waals surface area (Å²) >= 11 is 0. The van der Waals surface area contributed by atoms with Crippen LogP contribution >= 0.6 is 0 Å². The second-order valence-electron chi connectivity index (χ2n) is 6.20. The van der Waals surface area contributed by atoms with Crippen molar-refractivity contribution >= 4 is 23.2 Å². The summed E-state index contributed by atoms with van der Waals surface area (Å²) in [6, 6.07) is 9.26. The summed E-state index contributed by atoms with van der Waals surface area (Å²) in [6.07, 6.45) is 0. The Morgan fingerprint density at radius 1 is 0.920 bits per heavy atom. The fourth-order valence-electron chi connectivity index (χ4n) is 3.09. The van der Waals surface area contributed by atoms with Crippen molar-refractivity contribution in [2.75, 3.05) is 9.91 Å². The molecule has 2 atom stereocenters. The van der Waals surface area contributed by atoms with Crippen molar-refractivity contribution in [2.24, 2.45) is 10.3 Å². The first-order valence-electron chi connectivity index (χ1n) is 7.88. The fourth-order valence-corrected chi connectivity index (χ4v) is 3.09. The van der Waals surface area contributed by atoms with Crippen LogP contribution in [-0.2, 0) is 9.59 Å². The van der Waals surface area contributed by atoms with Crippen LogP contribution in [0.25, 0.3) is 0 Å². The van der Waals surface area contributed by atoms with Crippen molar-refractivity contribution in [2.45, 2.75) is 25.9 Å². The maximum atomic E-state index is 13.1. The van der Waals surface area contributed by atoms with E-state index in [1.807, 2.05) is 32.0 Å². The number of carbonyl (C=O) groups excluding carboxylic acids is 2. The molecule has 0 radical (unpaired) electrons. The Hall–Kier alpha value is -3.09. The summed E-state index contributed by atoms with van der Waals surface area (Å²) in [4.78, 5) is 26.5. The van der Waals surface area contributed by atoms with Gasteiger partial charge in [-0.05, 0) is 61.4 Å². The molecule has 1 fully saturated rings. The van der Waals surface area contributed by atoms with Crippen LogP contribution in [0.4, 0.5) is 15.8 Å². The molecule has 1 saturated heterocycles. The van der Waals surface area contributed by atoms with E-state index in [4.69, 9.17) is 0 Å². The highest BCUT2D eigenvalue weighted by molar-refractivity contribution is 6.26. The smallest absolute Gasteiger partial charge is 0.263 e. The van der Waals surface area contributed by atoms with E-state index in [-0.39, 0.29) is 0 Å². The number of halogens is 1. The number of carbonyl (C=O) groups is 2. The molecule has 0 saturated carbocycles. The third-order valence-electron chi connectivity index (χ3n) is 4.62. The van der Waals surface area contributed by atoms with Gasteiger partial charge >= 0.3 is 0 Å². The van der Waals surface area contributed by atoms with E-state index in [2.05, 4.69) is 10.3 Å². The summed E-state index contributed by atoms with van der Waals surface area (Å²) in [6.45, 7) is 3.96. The van der Waals surface area contributed by atoms with Crippen LogP contribution in [0.15, 0.2) is 52.8 Å². The molecule has 6 nitrogen and oxygen atoms in total. The molecule has 0 spiro atoms. The maximum Gasteiger partial charge on any atom is 0.263 e. The highest BCUT2D eigenvalue weighted by Gasteiger charge is 2.55. The van der Waals surface area contributed by atoms with E-state index in [1.54, 1.807) is 0 Å². The summed E-state index contributed by atoms with van der Waals surface area (Å²) in [5.41, 5.74) is 3.23. The molecular formula is C18H15FN4O2. The van der Waals surface area contributed by atoms with Crippen molar-refractivity contribution in [1.29, 1.82) is 0 Å². The summed E-state index contributed by atoms with van der Waals surface area (Å²) in [7, 11) is 0. The molecular weight excluding hydrogens is 323 g/mol. The van der Waals surface area contributed by atoms with Crippen molar-refractivity contribution in [1.82, 2.24) is 0 Å². The SMILES string of the molecule is Cc1ccc(N2N=N[C@H]3C(=O)N(c4ccc(F)cc4)C(=O)[C@@H]32)cc1C. The largest absolute Gasteiger partial charge is 0.271 e. The number of benzene rings is 2. The third kappa shape index (κ3) is 2.31. The number of fused-ring (bicyclic) bond motifs is 1. The highest BCUT2D eigenvalue weighted by atomic mass is 19.1. The average Bonchev–Trinajstić information content (AvgIpc) is 3.13. The molecule has 2 aliphatic rings. The number of anilines is 2. The monoisotopic (exact) mass is 338 g/mol. The lowest BCUT2D eigenvalue weighted by molar-refractivity contribution is -0.121. The number of aryl methyl sites for hydroxylation is 2. The number of rotatable bonds is 2. The van der Waals surface area contributed by atoms with Crippen molar-refractivity contribution in [3.05, 3.63) is 59.4 Å². The summed E-state index contributed by atoms with van der Waals surface area (Å²) < 4.78 is 13.1. The number of amides is 2. The van der Waals surface area contributed by atoms with Gasteiger partial charge in [0.1, 0.15) is 5.82 Å². The molecule has 2 heterocycles. The van der Waals surface area contributed by atoms with Gasteiger partial charge < -0.3 is 0 Å². The lowest BCUT2D eigenvalue weighted by Crippen LogP contribution is -2.40. The van der Waals surface area contributed by atoms with Crippen molar-refractivity contribution in [3.63, 3.8) is 0 Å². The number of hydrogen-bond donors (Lipinski definition) is 0. The quantitative estimate of drug-likeness (QED) is 0.791. The number of imide groups is 1. The first-order valence-corrected chi connectivity index (χ1v) is 7.88. The minimum Gasteiger partial charge on any atom is -0.271 e. The Balaban J connectivity index is 1.70. The molecule has 4 rings (SSSR count). The average molecular weight is 338 g/mol. The molecule has 0 bridgehead atoms. The molecule has 0 aliphatic carbocycles. The van der Waals surface area contributed by atoms with E-state index in [0.717, 1.165) is 16.0 Å². The first-order chi connectivity index (χ1) is 12.0. The van der Waals surface area contributed by atoms with Gasteiger partial charge in [0, 0.05) is 0 Å². The van der Waals surface area contributed by atoms with E-state index in [0.29, 0.717) is 11.4 Å². The lowest BCUT2D eigenvalue weighted by Gasteiger charge is -2.21. The van der Waals surface area contributed by atoms with Crippen molar-refractivity contribution < 1.29 is 14.0 Å². The van der Waals surface area contributed by atoms with Crippen LogP contribution in [0.5, 0.6) is 0 Å². The van der Waals surface area contributed by atoms with Gasteiger partial charge in [-0.2, -0.15) is 5.11 Å². The van der Waals surface area contributed by atoms with Crippen LogP contribution in [0.3, 0.4) is 0 Å². The highest BCUT2D eigenvalue weighted by Crippen LogP contribution is 2.35. The maximum absolute atomic E-state index is 13.1. The molecule has 25 heavy (non-hydrogen) atoms. The molecule has 2 amide bonds. The standard InChI is InChI=1S/C18H15FN4O2/c1-10-3-6-14(9-11(10)2)23-16-15(20-21-23)17(24)22(18(16)25)13-7-4-12(19)5-8-13/h3-9,15-16H,1-2H3/t15-,16-/m1/s1. The Labute approximate surface area is 143 Å². The summed E-state index contributed by atoms with van der Waals surface area (Å²) in [5, 5.41) is 9.52. The van der Waals surface area contributed by atoms with E-state index >= 15 is 0 Å². The van der Waals surface area contributed by atoms with Gasteiger partial charge in [-0.15, -0.1) is 0 Å². The number of nitrogens with zero attached hydrogens (tertiary/aromatic N) is 4. The Morgan fingerprint density at radius 2 is 1.60 bits per heavy atom. The molecule has 126 valence electrons. The molecule has 0 unspecified atom stereocenters. The van der Waals surface area contributed by atoms with Crippen LogP contribution in [0.1, 0.15) is 11.1 Å². The van der Waals surface area contributed by atoms with E-state index < -0.39 is 29.7 Å². The zero-order valence-electron chi connectivity index (χ0n) is 13.7. The van der Waals surface area contributed by atoms with Gasteiger partial charge in [0.05, 0.1) is 11.4 Å². The zero-order valence-corrected chi connectivity index (χ0v) is 13.7. The van der Waals surface area contributed by atoms with E-state index in [9.17, 15) is 14.0 Å². The van der Waals surface area contributed by atoms with Crippen molar-refractivity contribution in [3.8, 4) is 0 Å². The molecule has 0 N–H and O–H groups in total. The fraction of sp³-hybridized carbons (Fsp3) is 0.222. The molecule has 7 heteroatoms. The molecule has 0 aromatic heterocycles. The van der Waals surface area contributed by atoms with Gasteiger partial charge in [0.25, 0.3) is 11.8 Å². The first kappa shape index (κ1) is 15.4. The van der Waals surface area contributed by atoms with E-state index in [1.165, 1.54) is 29.3 Å². The predicted octanol–water partition coefficient (Wildman–Crippen LogP) is 2.94. The van der Waals surface area contributed by atoms with Gasteiger partial charge in [0.2, 0.25) is 0 Å². The Kier molecular flexibility index (Phi) is 3.38. The zero-order chi connectivity index (χ0) is 17.7. The van der Waals surface area contributed by atoms with Crippen LogP contribution in [0.2, 0.25) is 0 Å². The Morgan fingerprint density at radius 3 is 2.28 bits per heavy atom. The summed E-state index contributed by atoms with van der Waals surface area (Å²) in [5.74, 6) is -1.29. The number of hydrogen-bond acceptors (Lipinski definition) is 5. The molecule has 2 aromatic rings. The van der Waals surface area contributed by atoms with Gasteiger partial charge in [-0.25, -0.2) is 14.3 Å².